The molecule has 2 fully saturated rings. The first-order valence-electron chi connectivity index (χ1n) is 11.8. The van der Waals surface area contributed by atoms with Gasteiger partial charge >= 0.3 is 0 Å². The molecular weight excluding hydrogens is 413 g/mol. The lowest BCUT2D eigenvalue weighted by molar-refractivity contribution is -0.120. The van der Waals surface area contributed by atoms with Crippen LogP contribution in [0.1, 0.15) is 56.7 Å². The number of anilines is 1. The smallest absolute Gasteiger partial charge is 0.227 e. The molecule has 2 heterocycles. The zero-order valence-electron chi connectivity index (χ0n) is 19.0. The van der Waals surface area contributed by atoms with Crippen molar-refractivity contribution in [3.63, 3.8) is 0 Å². The number of carbonyl (C=O) groups excluding carboxylic acids is 1. The lowest BCUT2D eigenvalue weighted by atomic mass is 9.86. The van der Waals surface area contributed by atoms with Crippen LogP contribution < -0.4 is 5.32 Å². The van der Waals surface area contributed by atoms with Gasteiger partial charge in [-0.2, -0.15) is 0 Å². The lowest BCUT2D eigenvalue weighted by Gasteiger charge is -2.21. The van der Waals surface area contributed by atoms with Crippen molar-refractivity contribution in [3.8, 4) is 11.8 Å². The normalized spacial score (nSPS) is 24.7. The first-order valence-corrected chi connectivity index (χ1v) is 11.8. The van der Waals surface area contributed by atoms with Crippen LogP contribution in [0.4, 0.5) is 10.1 Å². The number of benzene rings is 1. The maximum absolute atomic E-state index is 13.9. The zero-order valence-corrected chi connectivity index (χ0v) is 19.0. The Balaban J connectivity index is 1.22. The van der Waals surface area contributed by atoms with Gasteiger partial charge in [0.15, 0.2) is 0 Å². The van der Waals surface area contributed by atoms with Crippen molar-refractivity contribution in [1.82, 2.24) is 9.97 Å². The largest absolute Gasteiger partial charge is 0.324 e. The van der Waals surface area contributed by atoms with E-state index in [-0.39, 0.29) is 17.6 Å². The van der Waals surface area contributed by atoms with E-state index in [1.807, 2.05) is 25.3 Å². The molecule has 3 aromatic rings. The van der Waals surface area contributed by atoms with Crippen LogP contribution in [0.2, 0.25) is 0 Å². The third kappa shape index (κ3) is 4.35. The van der Waals surface area contributed by atoms with Crippen molar-refractivity contribution in [2.24, 2.45) is 23.7 Å². The van der Waals surface area contributed by atoms with E-state index in [1.165, 1.54) is 11.6 Å². The van der Waals surface area contributed by atoms with Gasteiger partial charge in [0.2, 0.25) is 5.91 Å². The number of rotatable bonds is 4. The van der Waals surface area contributed by atoms with Gasteiger partial charge in [0.25, 0.3) is 0 Å². The molecular formula is C28H28FN3O. The van der Waals surface area contributed by atoms with Crippen molar-refractivity contribution < 1.29 is 9.18 Å². The molecule has 5 rings (SSSR count). The highest BCUT2D eigenvalue weighted by molar-refractivity contribution is 5.92. The summed E-state index contributed by atoms with van der Waals surface area (Å²) in [5, 5.41) is 3.96. The van der Waals surface area contributed by atoms with E-state index in [0.29, 0.717) is 35.1 Å². The van der Waals surface area contributed by atoms with Crippen LogP contribution in [0, 0.1) is 41.3 Å². The van der Waals surface area contributed by atoms with Crippen molar-refractivity contribution in [3.05, 3.63) is 65.9 Å². The summed E-state index contributed by atoms with van der Waals surface area (Å²) in [4.78, 5) is 21.6. The number of nitrogens with zero attached hydrogens (tertiary/aromatic N) is 2. The topological polar surface area (TPSA) is 54.9 Å². The van der Waals surface area contributed by atoms with Gasteiger partial charge in [0.05, 0.1) is 17.4 Å². The maximum Gasteiger partial charge on any atom is 0.227 e. The molecule has 1 aromatic carbocycles. The Morgan fingerprint density at radius 2 is 1.88 bits per heavy atom. The second-order valence-electron chi connectivity index (χ2n) is 9.57. The molecule has 168 valence electrons. The fourth-order valence-corrected chi connectivity index (χ4v) is 5.96. The minimum Gasteiger partial charge on any atom is -0.324 e. The molecule has 0 spiro atoms. The predicted octanol–water partition coefficient (Wildman–Crippen LogP) is 5.93. The molecule has 33 heavy (non-hydrogen) atoms. The number of pyridine rings is 2. The molecule has 0 bridgehead atoms. The van der Waals surface area contributed by atoms with E-state index >= 15 is 0 Å². The number of amides is 1. The summed E-state index contributed by atoms with van der Waals surface area (Å²) in [6, 6.07) is 10.6. The summed E-state index contributed by atoms with van der Waals surface area (Å²) < 4.78 is 13.9. The molecule has 5 atom stereocenters. The van der Waals surface area contributed by atoms with Crippen molar-refractivity contribution in [2.75, 3.05) is 5.32 Å². The third-order valence-corrected chi connectivity index (χ3v) is 7.63. The van der Waals surface area contributed by atoms with Gasteiger partial charge in [0.1, 0.15) is 11.5 Å². The Bertz CT molecular complexity index is 1230. The summed E-state index contributed by atoms with van der Waals surface area (Å²) in [6.07, 6.45) is 7.88. The molecule has 0 radical (unpaired) electrons. The molecule has 0 saturated heterocycles. The van der Waals surface area contributed by atoms with Gasteiger partial charge in [-0.15, -0.1) is 0 Å². The summed E-state index contributed by atoms with van der Waals surface area (Å²) in [5.74, 6) is 7.62. The standard InChI is InChI=1S/C28H28FN3O/c1-3-4-23-6-7-24(16-31-23)32-28(33)17(2)18-11-19-13-21(14-20(19)12-18)25-9-10-30-27-8-5-22(29)15-26(25)27/h5-10,15-21H,11-14H2,1-2H3,(H,32,33)/t17?,18-,19-,20+,21+. The molecule has 2 aromatic heterocycles. The number of aromatic nitrogens is 2. The monoisotopic (exact) mass is 441 g/mol. The number of halogens is 1. The summed E-state index contributed by atoms with van der Waals surface area (Å²) >= 11 is 0. The van der Waals surface area contributed by atoms with E-state index in [1.54, 1.807) is 25.3 Å². The maximum atomic E-state index is 13.9. The molecule has 2 aliphatic carbocycles. The highest BCUT2D eigenvalue weighted by Crippen LogP contribution is 2.54. The SMILES string of the molecule is CC#Cc1ccc(NC(=O)C(C)[C@H]2C[C@H]3C[C@@H](c4ccnc5ccc(F)cc45)C[C@H]3C2)cn1. The Labute approximate surface area is 194 Å². The van der Waals surface area contributed by atoms with Crippen LogP contribution in [0.25, 0.3) is 10.9 Å². The van der Waals surface area contributed by atoms with Crippen molar-refractivity contribution >= 4 is 22.5 Å². The minimum atomic E-state index is -0.210. The Morgan fingerprint density at radius 1 is 1.09 bits per heavy atom. The second kappa shape index (κ2) is 8.94. The molecule has 5 heteroatoms. The Hall–Kier alpha value is -3.26. The number of carbonyl (C=O) groups is 1. The summed E-state index contributed by atoms with van der Waals surface area (Å²) in [7, 11) is 0. The summed E-state index contributed by atoms with van der Waals surface area (Å²) in [5.41, 5.74) is 3.49. The molecule has 2 aliphatic rings. The van der Waals surface area contributed by atoms with E-state index in [2.05, 4.69) is 33.2 Å². The van der Waals surface area contributed by atoms with Gasteiger partial charge in [-0.25, -0.2) is 9.37 Å². The number of hydrogen-bond donors (Lipinski definition) is 1. The van der Waals surface area contributed by atoms with Crippen LogP contribution in [0.5, 0.6) is 0 Å². The van der Waals surface area contributed by atoms with Crippen molar-refractivity contribution in [1.29, 1.82) is 0 Å². The fourth-order valence-electron chi connectivity index (χ4n) is 5.96. The molecule has 2 saturated carbocycles. The summed E-state index contributed by atoms with van der Waals surface area (Å²) in [6.45, 7) is 3.82. The predicted molar refractivity (Wildman–Crippen MR) is 128 cm³/mol. The van der Waals surface area contributed by atoms with E-state index in [4.69, 9.17) is 0 Å². The number of nitrogens with one attached hydrogen (secondary N) is 1. The fraction of sp³-hybridized carbons (Fsp3) is 0.393. The van der Waals surface area contributed by atoms with Crippen LogP contribution >= 0.6 is 0 Å². The van der Waals surface area contributed by atoms with Crippen LogP contribution in [-0.2, 0) is 4.79 Å². The van der Waals surface area contributed by atoms with E-state index < -0.39 is 0 Å². The van der Waals surface area contributed by atoms with E-state index in [9.17, 15) is 9.18 Å². The molecule has 1 unspecified atom stereocenters. The zero-order chi connectivity index (χ0) is 22.9. The lowest BCUT2D eigenvalue weighted by Crippen LogP contribution is -2.26. The van der Waals surface area contributed by atoms with E-state index in [0.717, 1.165) is 36.6 Å². The number of hydrogen-bond acceptors (Lipinski definition) is 3. The van der Waals surface area contributed by atoms with Crippen LogP contribution in [0.15, 0.2) is 48.8 Å². The molecule has 0 aliphatic heterocycles. The van der Waals surface area contributed by atoms with Gasteiger partial charge in [-0.3, -0.25) is 9.78 Å². The van der Waals surface area contributed by atoms with Gasteiger partial charge in [-0.05, 0) is 104 Å². The third-order valence-electron chi connectivity index (χ3n) is 7.63. The van der Waals surface area contributed by atoms with Gasteiger partial charge in [-0.1, -0.05) is 12.8 Å². The second-order valence-corrected chi connectivity index (χ2v) is 9.57. The van der Waals surface area contributed by atoms with Gasteiger partial charge in [0, 0.05) is 17.5 Å². The number of fused-ring (bicyclic) bond motifs is 2. The first kappa shape index (κ1) is 21.6. The Morgan fingerprint density at radius 3 is 2.58 bits per heavy atom. The van der Waals surface area contributed by atoms with Crippen molar-refractivity contribution in [2.45, 2.75) is 45.4 Å². The average molecular weight is 442 g/mol. The minimum absolute atomic E-state index is 0.0417. The molecule has 1 N–H and O–H groups in total. The molecule has 4 nitrogen and oxygen atoms in total. The quantitative estimate of drug-likeness (QED) is 0.510. The van der Waals surface area contributed by atoms with Crippen LogP contribution in [-0.4, -0.2) is 15.9 Å². The first-order chi connectivity index (χ1) is 16.0. The highest BCUT2D eigenvalue weighted by Gasteiger charge is 2.44. The Kier molecular flexibility index (Phi) is 5.85. The van der Waals surface area contributed by atoms with Crippen LogP contribution in [0.3, 0.4) is 0 Å². The van der Waals surface area contributed by atoms with Gasteiger partial charge < -0.3 is 5.32 Å². The highest BCUT2D eigenvalue weighted by atomic mass is 19.1. The molecule has 1 amide bonds. The average Bonchev–Trinajstić information content (AvgIpc) is 3.39.